The lowest BCUT2D eigenvalue weighted by Gasteiger charge is -2.28. The van der Waals surface area contributed by atoms with E-state index in [-0.39, 0.29) is 36.9 Å². The Kier molecular flexibility index (Phi) is 5.40. The van der Waals surface area contributed by atoms with Crippen LogP contribution >= 0.6 is 0 Å². The molecule has 0 bridgehead atoms. The average Bonchev–Trinajstić information content (AvgIpc) is 3.10. The van der Waals surface area contributed by atoms with Gasteiger partial charge in [0.1, 0.15) is 13.1 Å². The van der Waals surface area contributed by atoms with Gasteiger partial charge in [-0.05, 0) is 18.6 Å². The van der Waals surface area contributed by atoms with Gasteiger partial charge in [0.15, 0.2) is 0 Å². The molecule has 3 rings (SSSR count). The first-order chi connectivity index (χ1) is 12.5. The van der Waals surface area contributed by atoms with Gasteiger partial charge in [-0.15, -0.1) is 0 Å². The Bertz CT molecular complexity index is 744. The number of para-hydroxylation sites is 1. The summed E-state index contributed by atoms with van der Waals surface area (Å²) in [5.74, 6) is -0.582. The van der Waals surface area contributed by atoms with E-state index in [1.807, 2.05) is 6.08 Å². The zero-order valence-electron chi connectivity index (χ0n) is 15.4. The van der Waals surface area contributed by atoms with Gasteiger partial charge >= 0.3 is 0 Å². The van der Waals surface area contributed by atoms with E-state index in [0.29, 0.717) is 17.8 Å². The summed E-state index contributed by atoms with van der Waals surface area (Å²) in [6.45, 7) is 2.54. The molecule has 0 saturated heterocycles. The van der Waals surface area contributed by atoms with Crippen molar-refractivity contribution < 1.29 is 14.4 Å². The van der Waals surface area contributed by atoms with E-state index in [0.717, 1.165) is 19.3 Å². The van der Waals surface area contributed by atoms with Crippen molar-refractivity contribution in [1.29, 1.82) is 0 Å². The van der Waals surface area contributed by atoms with Crippen LogP contribution in [0.1, 0.15) is 36.5 Å². The number of fused-ring (bicyclic) bond motifs is 1. The van der Waals surface area contributed by atoms with Gasteiger partial charge in [0.2, 0.25) is 11.8 Å². The van der Waals surface area contributed by atoms with Crippen LogP contribution < -0.4 is 4.90 Å². The molecule has 1 aromatic carbocycles. The van der Waals surface area contributed by atoms with Gasteiger partial charge in [0.05, 0.1) is 17.3 Å². The third-order valence-corrected chi connectivity index (χ3v) is 5.04. The minimum atomic E-state index is -0.274. The molecule has 0 N–H and O–H groups in total. The Hall–Kier alpha value is -2.63. The van der Waals surface area contributed by atoms with Crippen LogP contribution in [0.25, 0.3) is 0 Å². The highest BCUT2D eigenvalue weighted by Crippen LogP contribution is 2.24. The monoisotopic (exact) mass is 355 g/mol. The number of anilines is 1. The summed E-state index contributed by atoms with van der Waals surface area (Å²) in [5, 5.41) is 0. The summed E-state index contributed by atoms with van der Waals surface area (Å²) in [6, 6.07) is 7.11. The maximum atomic E-state index is 12.9. The molecule has 0 unspecified atom stereocenters. The van der Waals surface area contributed by atoms with Crippen LogP contribution in [0.15, 0.2) is 36.4 Å². The number of hydrogen-bond acceptors (Lipinski definition) is 3. The molecule has 2 aliphatic heterocycles. The van der Waals surface area contributed by atoms with Crippen molar-refractivity contribution in [1.82, 2.24) is 9.80 Å². The van der Waals surface area contributed by atoms with Crippen molar-refractivity contribution in [3.05, 3.63) is 42.0 Å². The summed E-state index contributed by atoms with van der Waals surface area (Å²) >= 11 is 0. The van der Waals surface area contributed by atoms with Crippen molar-refractivity contribution in [2.45, 2.75) is 32.2 Å². The normalized spacial score (nSPS) is 19.8. The Balaban J connectivity index is 1.76. The summed E-state index contributed by atoms with van der Waals surface area (Å²) in [4.78, 5) is 42.8. The summed E-state index contributed by atoms with van der Waals surface area (Å²) in [6.07, 6.45) is 7.12. The van der Waals surface area contributed by atoms with Crippen LogP contribution in [-0.4, -0.2) is 60.2 Å². The van der Waals surface area contributed by atoms with Gasteiger partial charge < -0.3 is 14.7 Å². The molecular weight excluding hydrogens is 330 g/mol. The summed E-state index contributed by atoms with van der Waals surface area (Å²) in [5.41, 5.74) is 1.04. The van der Waals surface area contributed by atoms with Crippen LogP contribution in [0, 0.1) is 0 Å². The molecule has 0 aliphatic carbocycles. The molecule has 6 nitrogen and oxygen atoms in total. The number of carbonyl (C=O) groups is 3. The average molecular weight is 355 g/mol. The number of carbonyl (C=O) groups excluding carboxylic acids is 3. The van der Waals surface area contributed by atoms with Crippen LogP contribution in [0.3, 0.4) is 0 Å². The Morgan fingerprint density at radius 3 is 2.77 bits per heavy atom. The second-order valence-electron chi connectivity index (χ2n) is 6.81. The largest absolute Gasteiger partial charge is 0.331 e. The molecule has 0 spiro atoms. The first kappa shape index (κ1) is 18.2. The molecule has 0 saturated carbocycles. The molecule has 1 atom stereocenters. The fourth-order valence-corrected chi connectivity index (χ4v) is 3.50. The standard InChI is InChI=1S/C20H25N3O3/c1-3-4-8-15-9-7-12-23(15)19(25)14-22-13-18(24)21(2)17-11-6-5-10-16(17)20(22)26/h5-7,9-11,15H,3-4,8,12-14H2,1-2H3/t15-/m1/s1. The molecule has 1 aromatic rings. The minimum Gasteiger partial charge on any atom is -0.331 e. The number of likely N-dealkylation sites (N-methyl/N-ethyl adjacent to an activating group) is 1. The Morgan fingerprint density at radius 1 is 1.23 bits per heavy atom. The summed E-state index contributed by atoms with van der Waals surface area (Å²) < 4.78 is 0. The van der Waals surface area contributed by atoms with E-state index in [2.05, 4.69) is 13.0 Å². The van der Waals surface area contributed by atoms with Gasteiger partial charge in [0.25, 0.3) is 5.91 Å². The van der Waals surface area contributed by atoms with Crippen LogP contribution in [-0.2, 0) is 9.59 Å². The number of benzene rings is 1. The number of nitrogens with zero attached hydrogens (tertiary/aromatic N) is 3. The van der Waals surface area contributed by atoms with Crippen LogP contribution in [0.4, 0.5) is 5.69 Å². The van der Waals surface area contributed by atoms with E-state index < -0.39 is 0 Å². The molecule has 3 amide bonds. The predicted molar refractivity (Wildman–Crippen MR) is 99.9 cm³/mol. The van der Waals surface area contributed by atoms with Gasteiger partial charge in [-0.3, -0.25) is 14.4 Å². The highest BCUT2D eigenvalue weighted by Gasteiger charge is 2.33. The van der Waals surface area contributed by atoms with E-state index in [1.54, 1.807) is 36.2 Å². The number of unbranched alkanes of at least 4 members (excludes halogenated alkanes) is 1. The number of amides is 3. The van der Waals surface area contributed by atoms with Crippen molar-refractivity contribution in [2.24, 2.45) is 0 Å². The van der Waals surface area contributed by atoms with Crippen LogP contribution in [0.5, 0.6) is 0 Å². The first-order valence-corrected chi connectivity index (χ1v) is 9.14. The maximum absolute atomic E-state index is 12.9. The van der Waals surface area contributed by atoms with E-state index >= 15 is 0 Å². The third kappa shape index (κ3) is 3.49. The first-order valence-electron chi connectivity index (χ1n) is 9.14. The van der Waals surface area contributed by atoms with Gasteiger partial charge in [0, 0.05) is 13.6 Å². The topological polar surface area (TPSA) is 60.9 Å². The lowest BCUT2D eigenvalue weighted by Crippen LogP contribution is -2.46. The SMILES string of the molecule is CCCC[C@@H]1C=CCN1C(=O)CN1CC(=O)N(C)c2ccccc2C1=O. The van der Waals surface area contributed by atoms with Crippen molar-refractivity contribution in [3.63, 3.8) is 0 Å². The highest BCUT2D eigenvalue weighted by molar-refractivity contribution is 6.10. The highest BCUT2D eigenvalue weighted by atomic mass is 16.2. The molecule has 6 heteroatoms. The fourth-order valence-electron chi connectivity index (χ4n) is 3.50. The summed E-state index contributed by atoms with van der Waals surface area (Å²) in [7, 11) is 1.66. The lowest BCUT2D eigenvalue weighted by atomic mass is 10.1. The molecule has 0 aromatic heterocycles. The number of hydrogen-bond donors (Lipinski definition) is 0. The third-order valence-electron chi connectivity index (χ3n) is 5.04. The number of rotatable bonds is 5. The second-order valence-corrected chi connectivity index (χ2v) is 6.81. The fraction of sp³-hybridized carbons (Fsp3) is 0.450. The van der Waals surface area contributed by atoms with Crippen LogP contribution in [0.2, 0.25) is 0 Å². The van der Waals surface area contributed by atoms with Crippen molar-refractivity contribution in [2.75, 3.05) is 31.6 Å². The van der Waals surface area contributed by atoms with Gasteiger partial charge in [-0.2, -0.15) is 0 Å². The molecule has 2 aliphatic rings. The Morgan fingerprint density at radius 2 is 2.00 bits per heavy atom. The molecule has 138 valence electrons. The van der Waals surface area contributed by atoms with Crippen molar-refractivity contribution >= 4 is 23.4 Å². The molecule has 26 heavy (non-hydrogen) atoms. The lowest BCUT2D eigenvalue weighted by molar-refractivity contribution is -0.132. The molecular formula is C20H25N3O3. The minimum absolute atomic E-state index is 0.0724. The smallest absolute Gasteiger partial charge is 0.256 e. The van der Waals surface area contributed by atoms with Gasteiger partial charge in [-0.25, -0.2) is 0 Å². The van der Waals surface area contributed by atoms with E-state index in [4.69, 9.17) is 0 Å². The second kappa shape index (κ2) is 7.72. The van der Waals surface area contributed by atoms with Gasteiger partial charge in [-0.1, -0.05) is 44.1 Å². The van der Waals surface area contributed by atoms with E-state index in [9.17, 15) is 14.4 Å². The predicted octanol–water partition coefficient (Wildman–Crippen LogP) is 2.06. The van der Waals surface area contributed by atoms with Crippen molar-refractivity contribution in [3.8, 4) is 0 Å². The zero-order valence-corrected chi connectivity index (χ0v) is 15.4. The molecule has 0 fully saturated rings. The Labute approximate surface area is 154 Å². The zero-order chi connectivity index (χ0) is 18.7. The molecule has 0 radical (unpaired) electrons. The quantitative estimate of drug-likeness (QED) is 0.760. The molecule has 2 heterocycles. The van der Waals surface area contributed by atoms with E-state index in [1.165, 1.54) is 9.80 Å². The maximum Gasteiger partial charge on any atom is 0.256 e.